The van der Waals surface area contributed by atoms with Gasteiger partial charge in [-0.1, -0.05) is 49.4 Å². The highest BCUT2D eigenvalue weighted by atomic mass is 16.5. The molecular weight excluding hydrogens is 338 g/mol. The summed E-state index contributed by atoms with van der Waals surface area (Å²) in [6, 6.07) is 19.6. The number of fused-ring (bicyclic) bond motifs is 3. The molecule has 4 heteroatoms. The second-order valence-electron chi connectivity index (χ2n) is 6.49. The van der Waals surface area contributed by atoms with Crippen molar-refractivity contribution in [2.45, 2.75) is 19.8 Å². The standard InChI is InChI=1S/C23H21NO3/c1-2-13-26-20-10-6-5-9-19(20)24-22(25)14-17-15-27-21-12-11-16-7-3-4-8-18(16)23(17)21/h3-12,15H,2,13-14H2,1H3,(H,24,25). The first-order chi connectivity index (χ1) is 13.3. The van der Waals surface area contributed by atoms with Crippen LogP contribution in [0.15, 0.2) is 71.3 Å². The number of hydrogen-bond acceptors (Lipinski definition) is 3. The molecule has 0 radical (unpaired) electrons. The van der Waals surface area contributed by atoms with Gasteiger partial charge in [0.15, 0.2) is 0 Å². The maximum absolute atomic E-state index is 12.7. The van der Waals surface area contributed by atoms with Crippen molar-refractivity contribution in [2.75, 3.05) is 11.9 Å². The molecule has 0 unspecified atom stereocenters. The lowest BCUT2D eigenvalue weighted by Crippen LogP contribution is -2.15. The lowest BCUT2D eigenvalue weighted by molar-refractivity contribution is -0.115. The highest BCUT2D eigenvalue weighted by Gasteiger charge is 2.14. The van der Waals surface area contributed by atoms with Crippen molar-refractivity contribution < 1.29 is 13.9 Å². The zero-order chi connectivity index (χ0) is 18.6. The minimum atomic E-state index is -0.0989. The molecule has 0 saturated heterocycles. The van der Waals surface area contributed by atoms with E-state index in [1.807, 2.05) is 48.5 Å². The molecule has 0 saturated carbocycles. The van der Waals surface area contributed by atoms with Crippen molar-refractivity contribution in [2.24, 2.45) is 0 Å². The Bertz CT molecular complexity index is 1100. The maximum Gasteiger partial charge on any atom is 0.229 e. The first-order valence-electron chi connectivity index (χ1n) is 9.16. The van der Waals surface area contributed by atoms with Crippen LogP contribution in [0.3, 0.4) is 0 Å². The van der Waals surface area contributed by atoms with Crippen molar-refractivity contribution in [1.82, 2.24) is 0 Å². The van der Waals surface area contributed by atoms with Crippen LogP contribution < -0.4 is 10.1 Å². The Morgan fingerprint density at radius 2 is 1.85 bits per heavy atom. The quantitative estimate of drug-likeness (QED) is 0.490. The molecule has 0 spiro atoms. The predicted octanol–water partition coefficient (Wildman–Crippen LogP) is 5.56. The van der Waals surface area contributed by atoms with E-state index in [4.69, 9.17) is 9.15 Å². The number of nitrogens with one attached hydrogen (secondary N) is 1. The van der Waals surface area contributed by atoms with Gasteiger partial charge in [-0.05, 0) is 35.4 Å². The second-order valence-corrected chi connectivity index (χ2v) is 6.49. The number of ether oxygens (including phenoxy) is 1. The summed E-state index contributed by atoms with van der Waals surface area (Å²) in [6.45, 7) is 2.67. The molecule has 4 nitrogen and oxygen atoms in total. The lowest BCUT2D eigenvalue weighted by Gasteiger charge is -2.11. The van der Waals surface area contributed by atoms with Gasteiger partial charge in [0.2, 0.25) is 5.91 Å². The fourth-order valence-corrected chi connectivity index (χ4v) is 3.28. The van der Waals surface area contributed by atoms with E-state index in [1.165, 1.54) is 0 Å². The third kappa shape index (κ3) is 3.51. The predicted molar refractivity (Wildman–Crippen MR) is 108 cm³/mol. The van der Waals surface area contributed by atoms with Gasteiger partial charge >= 0.3 is 0 Å². The number of para-hydroxylation sites is 2. The third-order valence-electron chi connectivity index (χ3n) is 4.51. The van der Waals surface area contributed by atoms with Gasteiger partial charge in [-0.15, -0.1) is 0 Å². The molecule has 1 amide bonds. The third-order valence-corrected chi connectivity index (χ3v) is 4.51. The summed E-state index contributed by atoms with van der Waals surface area (Å²) in [6.07, 6.45) is 2.83. The van der Waals surface area contributed by atoms with Gasteiger partial charge in [0.05, 0.1) is 25.0 Å². The van der Waals surface area contributed by atoms with E-state index in [9.17, 15) is 4.79 Å². The Hall–Kier alpha value is -3.27. The second kappa shape index (κ2) is 7.54. The Labute approximate surface area is 157 Å². The minimum Gasteiger partial charge on any atom is -0.491 e. The summed E-state index contributed by atoms with van der Waals surface area (Å²) in [5.41, 5.74) is 2.36. The topological polar surface area (TPSA) is 51.5 Å². The van der Waals surface area contributed by atoms with E-state index in [1.54, 1.807) is 6.26 Å². The van der Waals surface area contributed by atoms with Crippen LogP contribution in [0.5, 0.6) is 5.75 Å². The Kier molecular flexibility index (Phi) is 4.79. The van der Waals surface area contributed by atoms with Crippen LogP contribution in [-0.4, -0.2) is 12.5 Å². The Balaban J connectivity index is 1.60. The van der Waals surface area contributed by atoms with Gasteiger partial charge < -0.3 is 14.5 Å². The fourth-order valence-electron chi connectivity index (χ4n) is 3.28. The normalized spacial score (nSPS) is 11.0. The summed E-state index contributed by atoms with van der Waals surface area (Å²) in [5, 5.41) is 6.19. The van der Waals surface area contributed by atoms with E-state index in [-0.39, 0.29) is 12.3 Å². The number of carbonyl (C=O) groups is 1. The van der Waals surface area contributed by atoms with Gasteiger partial charge in [0.25, 0.3) is 0 Å². The van der Waals surface area contributed by atoms with Gasteiger partial charge in [0.1, 0.15) is 11.3 Å². The van der Waals surface area contributed by atoms with Crippen LogP contribution in [0.4, 0.5) is 5.69 Å². The first kappa shape index (κ1) is 17.2. The minimum absolute atomic E-state index is 0.0989. The Morgan fingerprint density at radius 1 is 1.04 bits per heavy atom. The molecule has 0 atom stereocenters. The molecule has 27 heavy (non-hydrogen) atoms. The van der Waals surface area contributed by atoms with E-state index in [0.717, 1.165) is 33.7 Å². The van der Waals surface area contributed by atoms with Crippen LogP contribution in [0.1, 0.15) is 18.9 Å². The number of benzene rings is 3. The lowest BCUT2D eigenvalue weighted by atomic mass is 10.0. The number of amides is 1. The smallest absolute Gasteiger partial charge is 0.229 e. The van der Waals surface area contributed by atoms with Gasteiger partial charge in [-0.2, -0.15) is 0 Å². The van der Waals surface area contributed by atoms with E-state index < -0.39 is 0 Å². The molecule has 4 aromatic rings. The summed E-state index contributed by atoms with van der Waals surface area (Å²) < 4.78 is 11.4. The average Bonchev–Trinajstić information content (AvgIpc) is 3.10. The largest absolute Gasteiger partial charge is 0.491 e. The van der Waals surface area contributed by atoms with Crippen LogP contribution in [0.2, 0.25) is 0 Å². The first-order valence-corrected chi connectivity index (χ1v) is 9.16. The highest BCUT2D eigenvalue weighted by Crippen LogP contribution is 2.30. The SMILES string of the molecule is CCCOc1ccccc1NC(=O)Cc1coc2ccc3ccccc3c12. The molecule has 0 aliphatic rings. The molecule has 1 N–H and O–H groups in total. The zero-order valence-corrected chi connectivity index (χ0v) is 15.2. The molecule has 0 bridgehead atoms. The maximum atomic E-state index is 12.7. The van der Waals surface area contributed by atoms with Gasteiger partial charge in [0, 0.05) is 10.9 Å². The van der Waals surface area contributed by atoms with Crippen molar-refractivity contribution >= 4 is 33.3 Å². The summed E-state index contributed by atoms with van der Waals surface area (Å²) >= 11 is 0. The number of rotatable bonds is 6. The molecule has 0 aliphatic heterocycles. The van der Waals surface area contributed by atoms with Crippen LogP contribution in [0, 0.1) is 0 Å². The van der Waals surface area contributed by atoms with Crippen LogP contribution in [0.25, 0.3) is 21.7 Å². The van der Waals surface area contributed by atoms with Crippen molar-refractivity contribution in [3.8, 4) is 5.75 Å². The molecule has 4 rings (SSSR count). The van der Waals surface area contributed by atoms with E-state index in [0.29, 0.717) is 18.0 Å². The van der Waals surface area contributed by atoms with E-state index >= 15 is 0 Å². The number of carbonyl (C=O) groups excluding carboxylic acids is 1. The van der Waals surface area contributed by atoms with Crippen LogP contribution in [-0.2, 0) is 11.2 Å². The molecule has 0 aliphatic carbocycles. The summed E-state index contributed by atoms with van der Waals surface area (Å²) in [5.74, 6) is 0.591. The molecule has 1 heterocycles. The van der Waals surface area contributed by atoms with Crippen LogP contribution >= 0.6 is 0 Å². The highest BCUT2D eigenvalue weighted by molar-refractivity contribution is 6.09. The van der Waals surface area contributed by atoms with E-state index in [2.05, 4.69) is 24.4 Å². The summed E-state index contributed by atoms with van der Waals surface area (Å²) in [7, 11) is 0. The zero-order valence-electron chi connectivity index (χ0n) is 15.2. The van der Waals surface area contributed by atoms with Crippen molar-refractivity contribution in [1.29, 1.82) is 0 Å². The monoisotopic (exact) mass is 359 g/mol. The molecule has 136 valence electrons. The van der Waals surface area contributed by atoms with Crippen molar-refractivity contribution in [3.63, 3.8) is 0 Å². The molecule has 3 aromatic carbocycles. The average molecular weight is 359 g/mol. The molecule has 1 aromatic heterocycles. The molecular formula is C23H21NO3. The van der Waals surface area contributed by atoms with Crippen molar-refractivity contribution in [3.05, 3.63) is 72.5 Å². The summed E-state index contributed by atoms with van der Waals surface area (Å²) in [4.78, 5) is 12.7. The van der Waals surface area contributed by atoms with Gasteiger partial charge in [-0.3, -0.25) is 4.79 Å². The fraction of sp³-hybridized carbons (Fsp3) is 0.174. The van der Waals surface area contributed by atoms with Gasteiger partial charge in [-0.25, -0.2) is 0 Å². The number of furan rings is 1. The number of hydrogen-bond donors (Lipinski definition) is 1. The number of anilines is 1. The Morgan fingerprint density at radius 3 is 2.74 bits per heavy atom. The molecule has 0 fully saturated rings.